The predicted octanol–water partition coefficient (Wildman–Crippen LogP) is 1.51. The van der Waals surface area contributed by atoms with E-state index in [0.717, 1.165) is 39.0 Å². The minimum Gasteiger partial charge on any atom is -0.337 e. The second-order valence-electron chi connectivity index (χ2n) is 5.23. The number of fused-ring (bicyclic) bond motifs is 1. The molecule has 0 saturated carbocycles. The molecule has 1 amide bonds. The summed E-state index contributed by atoms with van der Waals surface area (Å²) in [6.07, 6.45) is 5.71. The van der Waals surface area contributed by atoms with Crippen LogP contribution < -0.4 is 5.32 Å². The number of carbonyl (C=O) groups is 1. The van der Waals surface area contributed by atoms with E-state index < -0.39 is 0 Å². The van der Waals surface area contributed by atoms with Crippen molar-refractivity contribution in [2.75, 3.05) is 19.6 Å². The molecule has 3 heterocycles. The van der Waals surface area contributed by atoms with Crippen molar-refractivity contribution in [1.82, 2.24) is 20.0 Å². The van der Waals surface area contributed by atoms with Crippen LogP contribution >= 0.6 is 11.3 Å². The molecule has 0 spiro atoms. The van der Waals surface area contributed by atoms with Gasteiger partial charge >= 0.3 is 0 Å². The summed E-state index contributed by atoms with van der Waals surface area (Å²) in [6.45, 7) is 3.77. The predicted molar refractivity (Wildman–Crippen MR) is 83.2 cm³/mol. The van der Waals surface area contributed by atoms with E-state index in [-0.39, 0.29) is 5.91 Å². The van der Waals surface area contributed by atoms with E-state index in [0.29, 0.717) is 6.54 Å². The number of nitrogens with zero attached hydrogens (tertiary/aromatic N) is 3. The lowest BCUT2D eigenvalue weighted by Gasteiger charge is -2.27. The van der Waals surface area contributed by atoms with Crippen molar-refractivity contribution in [3.63, 3.8) is 0 Å². The van der Waals surface area contributed by atoms with Crippen LogP contribution in [0.1, 0.15) is 16.9 Å². The van der Waals surface area contributed by atoms with E-state index in [4.69, 9.17) is 0 Å². The Kier molecular flexibility index (Phi) is 4.67. The number of hydrogen-bond donors (Lipinski definition) is 1. The first-order chi connectivity index (χ1) is 10.3. The van der Waals surface area contributed by atoms with E-state index >= 15 is 0 Å². The smallest absolute Gasteiger partial charge is 0.236 e. The van der Waals surface area contributed by atoms with Gasteiger partial charge in [-0.2, -0.15) is 5.10 Å². The maximum atomic E-state index is 12.2. The molecule has 0 aliphatic carbocycles. The summed E-state index contributed by atoms with van der Waals surface area (Å²) >= 11 is 1.80. The highest BCUT2D eigenvalue weighted by Gasteiger charge is 2.20. The Bertz CT molecular complexity index is 578. The molecule has 1 aliphatic heterocycles. The van der Waals surface area contributed by atoms with Gasteiger partial charge in [-0.25, -0.2) is 0 Å². The maximum Gasteiger partial charge on any atom is 0.236 e. The van der Waals surface area contributed by atoms with Gasteiger partial charge < -0.3 is 10.2 Å². The van der Waals surface area contributed by atoms with Gasteiger partial charge in [0.05, 0.1) is 6.54 Å². The van der Waals surface area contributed by atoms with Crippen molar-refractivity contribution in [1.29, 1.82) is 0 Å². The molecule has 0 saturated heterocycles. The van der Waals surface area contributed by atoms with Crippen LogP contribution in [0.25, 0.3) is 0 Å². The van der Waals surface area contributed by atoms with Crippen LogP contribution in [0, 0.1) is 0 Å². The van der Waals surface area contributed by atoms with Crippen LogP contribution in [0.2, 0.25) is 0 Å². The second-order valence-corrected chi connectivity index (χ2v) is 6.23. The summed E-state index contributed by atoms with van der Waals surface area (Å²) in [4.78, 5) is 15.6. The molecule has 1 aliphatic rings. The summed E-state index contributed by atoms with van der Waals surface area (Å²) in [5, 5.41) is 9.50. The van der Waals surface area contributed by atoms with Crippen molar-refractivity contribution in [3.8, 4) is 0 Å². The number of aromatic nitrogens is 2. The summed E-state index contributed by atoms with van der Waals surface area (Å²) in [7, 11) is 0. The standard InChI is InChI=1S/C15H20N4OS/c20-15(11-16-5-1-7-19-8-2-6-17-19)18-9-3-14-13(12-18)4-10-21-14/h2,4,6,8,10,16H,1,3,5,7,9,11-12H2. The zero-order valence-electron chi connectivity index (χ0n) is 12.0. The van der Waals surface area contributed by atoms with E-state index in [2.05, 4.69) is 21.9 Å². The molecule has 21 heavy (non-hydrogen) atoms. The van der Waals surface area contributed by atoms with Crippen LogP contribution in [-0.2, 0) is 24.3 Å². The molecule has 2 aromatic heterocycles. The molecule has 0 unspecified atom stereocenters. The lowest BCUT2D eigenvalue weighted by molar-refractivity contribution is -0.131. The Morgan fingerprint density at radius 3 is 3.29 bits per heavy atom. The van der Waals surface area contributed by atoms with Gasteiger partial charge in [0.1, 0.15) is 0 Å². The molecular weight excluding hydrogens is 284 g/mol. The molecule has 1 N–H and O–H groups in total. The minimum absolute atomic E-state index is 0.200. The lowest BCUT2D eigenvalue weighted by Crippen LogP contribution is -2.41. The SMILES string of the molecule is O=C(CNCCCn1cccn1)N1CCc2sccc2C1. The number of nitrogens with one attached hydrogen (secondary N) is 1. The van der Waals surface area contributed by atoms with Gasteiger partial charge in [0, 0.05) is 36.9 Å². The third-order valence-electron chi connectivity index (χ3n) is 3.74. The van der Waals surface area contributed by atoms with Gasteiger partial charge in [-0.3, -0.25) is 9.48 Å². The molecule has 5 nitrogen and oxygen atoms in total. The first-order valence-corrected chi connectivity index (χ1v) is 8.22. The van der Waals surface area contributed by atoms with E-state index in [9.17, 15) is 4.79 Å². The molecule has 2 aromatic rings. The van der Waals surface area contributed by atoms with Crippen molar-refractivity contribution >= 4 is 17.2 Å². The van der Waals surface area contributed by atoms with E-state index in [1.807, 2.05) is 21.8 Å². The highest BCUT2D eigenvalue weighted by molar-refractivity contribution is 7.10. The molecule has 0 fully saturated rings. The van der Waals surface area contributed by atoms with Crippen molar-refractivity contribution < 1.29 is 4.79 Å². The second kappa shape index (κ2) is 6.87. The third kappa shape index (κ3) is 3.71. The van der Waals surface area contributed by atoms with Gasteiger partial charge in [-0.15, -0.1) is 11.3 Å². The Labute approximate surface area is 128 Å². The van der Waals surface area contributed by atoms with Gasteiger partial charge in [-0.05, 0) is 42.5 Å². The van der Waals surface area contributed by atoms with Gasteiger partial charge in [0.15, 0.2) is 0 Å². The first-order valence-electron chi connectivity index (χ1n) is 7.34. The topological polar surface area (TPSA) is 50.2 Å². The minimum atomic E-state index is 0.200. The van der Waals surface area contributed by atoms with Crippen LogP contribution in [0.3, 0.4) is 0 Å². The molecule has 0 bridgehead atoms. The maximum absolute atomic E-state index is 12.2. The highest BCUT2D eigenvalue weighted by atomic mass is 32.1. The Morgan fingerprint density at radius 1 is 1.48 bits per heavy atom. The largest absolute Gasteiger partial charge is 0.337 e. The number of hydrogen-bond acceptors (Lipinski definition) is 4. The number of rotatable bonds is 6. The summed E-state index contributed by atoms with van der Waals surface area (Å²) in [5.74, 6) is 0.200. The Morgan fingerprint density at radius 2 is 2.43 bits per heavy atom. The number of aryl methyl sites for hydroxylation is 1. The van der Waals surface area contributed by atoms with Gasteiger partial charge in [0.2, 0.25) is 5.91 Å². The fourth-order valence-electron chi connectivity index (χ4n) is 2.57. The van der Waals surface area contributed by atoms with Crippen LogP contribution in [0.4, 0.5) is 0 Å². The normalized spacial score (nSPS) is 14.2. The van der Waals surface area contributed by atoms with Crippen molar-refractivity contribution in [2.24, 2.45) is 0 Å². The first kappa shape index (κ1) is 14.3. The molecule has 6 heteroatoms. The summed E-state index contributed by atoms with van der Waals surface area (Å²) in [6, 6.07) is 4.06. The van der Waals surface area contributed by atoms with E-state index in [1.54, 1.807) is 17.5 Å². The lowest BCUT2D eigenvalue weighted by atomic mass is 10.1. The van der Waals surface area contributed by atoms with E-state index in [1.165, 1.54) is 10.4 Å². The van der Waals surface area contributed by atoms with Crippen molar-refractivity contribution in [2.45, 2.75) is 25.9 Å². The number of thiophene rings is 1. The molecule has 112 valence electrons. The third-order valence-corrected chi connectivity index (χ3v) is 4.76. The zero-order valence-corrected chi connectivity index (χ0v) is 12.8. The Hall–Kier alpha value is -1.66. The Balaban J connectivity index is 1.35. The number of carbonyl (C=O) groups excluding carboxylic acids is 1. The zero-order chi connectivity index (χ0) is 14.5. The van der Waals surface area contributed by atoms with Gasteiger partial charge in [0.25, 0.3) is 0 Å². The monoisotopic (exact) mass is 304 g/mol. The highest BCUT2D eigenvalue weighted by Crippen LogP contribution is 2.23. The van der Waals surface area contributed by atoms with Crippen molar-refractivity contribution in [3.05, 3.63) is 40.3 Å². The average Bonchev–Trinajstić information content (AvgIpc) is 3.17. The summed E-state index contributed by atoms with van der Waals surface area (Å²) in [5.41, 5.74) is 1.32. The molecule has 0 atom stereocenters. The van der Waals surface area contributed by atoms with Crippen LogP contribution in [0.5, 0.6) is 0 Å². The number of amides is 1. The molecule has 0 aromatic carbocycles. The fraction of sp³-hybridized carbons (Fsp3) is 0.467. The molecule has 3 rings (SSSR count). The van der Waals surface area contributed by atoms with Crippen LogP contribution in [-0.4, -0.2) is 40.2 Å². The van der Waals surface area contributed by atoms with Gasteiger partial charge in [-0.1, -0.05) is 0 Å². The average molecular weight is 304 g/mol. The quantitative estimate of drug-likeness (QED) is 0.823. The van der Waals surface area contributed by atoms with Crippen LogP contribution in [0.15, 0.2) is 29.9 Å². The summed E-state index contributed by atoms with van der Waals surface area (Å²) < 4.78 is 1.91. The molecule has 0 radical (unpaired) electrons. The molecular formula is C15H20N4OS. The fourth-order valence-corrected chi connectivity index (χ4v) is 3.46.